The third-order valence-electron chi connectivity index (χ3n) is 6.94. The predicted octanol–water partition coefficient (Wildman–Crippen LogP) is 5.48. The van der Waals surface area contributed by atoms with Gasteiger partial charge in [-0.05, 0) is 66.2 Å². The summed E-state index contributed by atoms with van der Waals surface area (Å²) in [5.41, 5.74) is 4.08. The Morgan fingerprint density at radius 1 is 1.07 bits per heavy atom. The van der Waals surface area contributed by atoms with Crippen molar-refractivity contribution in [1.29, 1.82) is 0 Å². The van der Waals surface area contributed by atoms with Crippen LogP contribution in [0.1, 0.15) is 17.4 Å². The Morgan fingerprint density at radius 3 is 2.77 bits per heavy atom. The first-order chi connectivity index (χ1) is 20.8. The molecule has 6 rings (SSSR count). The van der Waals surface area contributed by atoms with Crippen LogP contribution in [-0.4, -0.2) is 46.7 Å². The molecule has 0 saturated heterocycles. The number of nitrogens with one attached hydrogen (secondary N) is 2. The van der Waals surface area contributed by atoms with Gasteiger partial charge in [0.05, 0.1) is 42.1 Å². The monoisotopic (exact) mass is 594 g/mol. The van der Waals surface area contributed by atoms with Gasteiger partial charge in [-0.3, -0.25) is 10.00 Å². The van der Waals surface area contributed by atoms with Crippen LogP contribution in [0.3, 0.4) is 0 Å². The molecule has 1 atom stereocenters. The third-order valence-corrected chi connectivity index (χ3v) is 7.87. The van der Waals surface area contributed by atoms with E-state index in [0.29, 0.717) is 23.9 Å². The number of anilines is 2. The van der Waals surface area contributed by atoms with Gasteiger partial charge < -0.3 is 9.73 Å². The fraction of sp³-hybridized carbons (Fsp3) is 0.156. The van der Waals surface area contributed by atoms with Gasteiger partial charge >= 0.3 is 0 Å². The fourth-order valence-electron chi connectivity index (χ4n) is 4.97. The molecule has 0 radical (unpaired) electrons. The Hall–Kier alpha value is -5.05. The molecule has 43 heavy (non-hydrogen) atoms. The smallest absolute Gasteiger partial charge is 0.149 e. The summed E-state index contributed by atoms with van der Waals surface area (Å²) in [5, 5.41) is 12.6. The maximum atomic E-state index is 13.6. The topological polar surface area (TPSA) is 115 Å². The molecule has 0 bridgehead atoms. The van der Waals surface area contributed by atoms with Gasteiger partial charge in [0.1, 0.15) is 39.3 Å². The molecule has 3 aromatic carbocycles. The molecule has 0 spiro atoms. The van der Waals surface area contributed by atoms with Crippen molar-refractivity contribution in [2.24, 2.45) is 0 Å². The summed E-state index contributed by atoms with van der Waals surface area (Å²) in [6.45, 7) is 0.662. The largest absolute Gasteiger partial charge is 0.459 e. The number of furan rings is 1. The normalized spacial score (nSPS) is 12.4. The van der Waals surface area contributed by atoms with Crippen molar-refractivity contribution in [2.75, 3.05) is 23.9 Å². The first-order valence-corrected chi connectivity index (χ1v) is 15.5. The second-order valence-corrected chi connectivity index (χ2v) is 12.4. The molecule has 3 heterocycles. The standard InChI is InChI=1S/C32H27FN6O3S/c1-3-13-34-28(19-43(2,40)41)31-12-11-30(42-31)22-7-9-27-26(16-22)32(36-20-35-27)38-25-8-10-29-23(15-25)17-37-39(29)18-21-5-4-6-24(33)14-21/h1,4-12,14-17,20,28,34H,13,18-19H2,2H3,(H,35,36,38)/t28-/m1/s1. The lowest BCUT2D eigenvalue weighted by Crippen LogP contribution is -2.27. The molecule has 0 aliphatic carbocycles. The molecule has 0 fully saturated rings. The van der Waals surface area contributed by atoms with Gasteiger partial charge in [-0.2, -0.15) is 5.10 Å². The highest BCUT2D eigenvalue weighted by Crippen LogP contribution is 2.32. The minimum absolute atomic E-state index is 0.144. The van der Waals surface area contributed by atoms with Crippen molar-refractivity contribution in [2.45, 2.75) is 12.6 Å². The summed E-state index contributed by atoms with van der Waals surface area (Å²) in [7, 11) is -3.28. The number of terminal acetylenes is 1. The maximum absolute atomic E-state index is 13.6. The zero-order valence-electron chi connectivity index (χ0n) is 23.2. The van der Waals surface area contributed by atoms with E-state index in [9.17, 15) is 12.8 Å². The minimum atomic E-state index is -3.28. The van der Waals surface area contributed by atoms with E-state index in [2.05, 4.69) is 31.6 Å². The minimum Gasteiger partial charge on any atom is -0.459 e. The van der Waals surface area contributed by atoms with Gasteiger partial charge in [0.15, 0.2) is 0 Å². The van der Waals surface area contributed by atoms with Gasteiger partial charge in [0.25, 0.3) is 0 Å². The zero-order valence-corrected chi connectivity index (χ0v) is 24.0. The molecule has 0 amide bonds. The summed E-state index contributed by atoms with van der Waals surface area (Å²) in [6, 6.07) is 21.0. The van der Waals surface area contributed by atoms with Gasteiger partial charge in [-0.25, -0.2) is 22.8 Å². The SMILES string of the molecule is C#CCN[C@H](CS(C)(=O)=O)c1ccc(-c2ccc3ncnc(Nc4ccc5c(cnn5Cc5cccc(F)c5)c4)c3c2)o1. The van der Waals surface area contributed by atoms with E-state index in [1.54, 1.807) is 24.4 Å². The highest BCUT2D eigenvalue weighted by molar-refractivity contribution is 7.90. The number of halogens is 1. The number of hydrogen-bond acceptors (Lipinski definition) is 8. The number of benzene rings is 3. The van der Waals surface area contributed by atoms with Crippen LogP contribution < -0.4 is 10.6 Å². The predicted molar refractivity (Wildman–Crippen MR) is 165 cm³/mol. The molecular formula is C32H27FN6O3S. The highest BCUT2D eigenvalue weighted by atomic mass is 32.2. The number of rotatable bonds is 10. The first kappa shape index (κ1) is 28.1. The van der Waals surface area contributed by atoms with E-state index in [1.165, 1.54) is 24.7 Å². The van der Waals surface area contributed by atoms with Crippen LogP contribution >= 0.6 is 0 Å². The number of sulfone groups is 1. The Kier molecular flexibility index (Phi) is 7.63. The Labute approximate surface area is 247 Å². The third kappa shape index (κ3) is 6.40. The van der Waals surface area contributed by atoms with Crippen molar-refractivity contribution in [1.82, 2.24) is 25.1 Å². The van der Waals surface area contributed by atoms with Crippen molar-refractivity contribution in [3.05, 3.63) is 102 Å². The second-order valence-electron chi connectivity index (χ2n) is 10.2. The summed E-state index contributed by atoms with van der Waals surface area (Å²) >= 11 is 0. The van der Waals surface area contributed by atoms with Crippen LogP contribution in [0.15, 0.2) is 89.7 Å². The van der Waals surface area contributed by atoms with Crippen LogP contribution in [-0.2, 0) is 16.4 Å². The number of aromatic nitrogens is 4. The van der Waals surface area contributed by atoms with E-state index in [0.717, 1.165) is 38.6 Å². The summed E-state index contributed by atoms with van der Waals surface area (Å²) in [4.78, 5) is 8.90. The van der Waals surface area contributed by atoms with Crippen molar-refractivity contribution < 1.29 is 17.2 Å². The molecule has 0 aliphatic heterocycles. The van der Waals surface area contributed by atoms with E-state index >= 15 is 0 Å². The first-order valence-electron chi connectivity index (χ1n) is 13.4. The van der Waals surface area contributed by atoms with Crippen LogP contribution in [0.25, 0.3) is 33.1 Å². The average Bonchev–Trinajstić information content (AvgIpc) is 3.62. The van der Waals surface area contributed by atoms with Crippen molar-refractivity contribution in [3.8, 4) is 23.7 Å². The van der Waals surface area contributed by atoms with Crippen molar-refractivity contribution in [3.63, 3.8) is 0 Å². The van der Waals surface area contributed by atoms with Crippen molar-refractivity contribution >= 4 is 43.1 Å². The zero-order chi connectivity index (χ0) is 30.0. The average molecular weight is 595 g/mol. The van der Waals surface area contributed by atoms with E-state index in [-0.39, 0.29) is 18.1 Å². The highest BCUT2D eigenvalue weighted by Gasteiger charge is 2.21. The van der Waals surface area contributed by atoms with Crippen LogP contribution in [0, 0.1) is 18.2 Å². The lowest BCUT2D eigenvalue weighted by molar-refractivity contribution is 0.449. The van der Waals surface area contributed by atoms with Crippen LogP contribution in [0.2, 0.25) is 0 Å². The lowest BCUT2D eigenvalue weighted by atomic mass is 10.1. The van der Waals surface area contributed by atoms with E-state index in [1.807, 2.05) is 47.1 Å². The van der Waals surface area contributed by atoms with Gasteiger partial charge in [0.2, 0.25) is 0 Å². The molecule has 0 aliphatic rings. The van der Waals surface area contributed by atoms with E-state index in [4.69, 9.17) is 10.8 Å². The number of nitrogens with zero attached hydrogens (tertiary/aromatic N) is 4. The summed E-state index contributed by atoms with van der Waals surface area (Å²) in [5.74, 6) is 3.71. The van der Waals surface area contributed by atoms with Gasteiger partial charge in [-0.1, -0.05) is 18.1 Å². The van der Waals surface area contributed by atoms with E-state index < -0.39 is 15.9 Å². The summed E-state index contributed by atoms with van der Waals surface area (Å²) < 4.78 is 45.5. The molecule has 6 aromatic rings. The Balaban J connectivity index is 1.27. The molecule has 2 N–H and O–H groups in total. The van der Waals surface area contributed by atoms with Crippen LogP contribution in [0.5, 0.6) is 0 Å². The lowest BCUT2D eigenvalue weighted by Gasteiger charge is -2.14. The molecule has 3 aromatic heterocycles. The summed E-state index contributed by atoms with van der Waals surface area (Å²) in [6.07, 6.45) is 9.82. The number of hydrogen-bond donors (Lipinski definition) is 2. The maximum Gasteiger partial charge on any atom is 0.149 e. The van der Waals surface area contributed by atoms with Crippen LogP contribution in [0.4, 0.5) is 15.9 Å². The Bertz CT molecular complexity index is 2100. The molecule has 216 valence electrons. The van der Waals surface area contributed by atoms with Gasteiger partial charge in [0, 0.05) is 28.3 Å². The fourth-order valence-corrected chi connectivity index (χ4v) is 5.85. The quantitative estimate of drug-likeness (QED) is 0.201. The molecule has 0 saturated carbocycles. The molecule has 0 unspecified atom stereocenters. The molecule has 11 heteroatoms. The molecular weight excluding hydrogens is 567 g/mol. The Morgan fingerprint density at radius 2 is 1.95 bits per heavy atom. The second kappa shape index (κ2) is 11.7. The van der Waals surface area contributed by atoms with Gasteiger partial charge in [-0.15, -0.1) is 6.42 Å². The number of fused-ring (bicyclic) bond motifs is 2. The molecule has 9 nitrogen and oxygen atoms in total.